The first-order valence-corrected chi connectivity index (χ1v) is 11.7. The van der Waals surface area contributed by atoms with E-state index in [0.29, 0.717) is 24.0 Å². The molecule has 0 radical (unpaired) electrons. The molecule has 0 fully saturated rings. The van der Waals surface area contributed by atoms with Crippen molar-refractivity contribution in [2.45, 2.75) is 59.0 Å². The summed E-state index contributed by atoms with van der Waals surface area (Å²) in [6, 6.07) is 4.52. The highest BCUT2D eigenvalue weighted by atomic mass is 16.5. The van der Waals surface area contributed by atoms with Crippen molar-refractivity contribution in [2.24, 2.45) is 0 Å². The zero-order chi connectivity index (χ0) is 25.7. The lowest BCUT2D eigenvalue weighted by Gasteiger charge is -2.27. The van der Waals surface area contributed by atoms with Gasteiger partial charge in [0.15, 0.2) is 17.3 Å². The van der Waals surface area contributed by atoms with Crippen LogP contribution in [0.4, 0.5) is 0 Å². The van der Waals surface area contributed by atoms with Crippen LogP contribution in [-0.2, 0) is 6.42 Å². The fraction of sp³-hybridized carbons (Fsp3) is 0.393. The molecular weight excluding hydrogens is 448 g/mol. The molecule has 1 heterocycles. The van der Waals surface area contributed by atoms with E-state index in [1.807, 2.05) is 0 Å². The van der Waals surface area contributed by atoms with Crippen molar-refractivity contribution in [2.75, 3.05) is 14.2 Å². The van der Waals surface area contributed by atoms with Crippen LogP contribution in [-0.4, -0.2) is 35.3 Å². The van der Waals surface area contributed by atoms with Gasteiger partial charge in [-0.3, -0.25) is 4.79 Å². The number of Topliss-reactive ketones (excluding diaryl/α,β-unsaturated/α-hetero) is 1. The molecule has 7 heteroatoms. The van der Waals surface area contributed by atoms with Gasteiger partial charge in [-0.1, -0.05) is 23.3 Å². The highest BCUT2D eigenvalue weighted by Crippen LogP contribution is 2.47. The maximum Gasteiger partial charge on any atom is 0.200 e. The molecular formula is C28H34O7. The minimum absolute atomic E-state index is 0.0226. The summed E-state index contributed by atoms with van der Waals surface area (Å²) in [6.07, 6.45) is 6.53. The standard InChI is InChI=1S/C28H34O7/c1-16(2)8-6-9-17(3)10-7-11-19-20(29)14-23-26(27(19)31)21(30)15-22(35-23)18-12-24(33-4)28(32)25(13-18)34-5/h8,10,12-14,22,29,31-32H,6-7,9,11,15H2,1-5H3/t22-/m0/s1. The number of rotatable bonds is 9. The van der Waals surface area contributed by atoms with Crippen LogP contribution in [0.5, 0.6) is 34.5 Å². The van der Waals surface area contributed by atoms with E-state index in [-0.39, 0.29) is 52.3 Å². The number of phenolic OH excluding ortho intramolecular Hbond substituents is 3. The summed E-state index contributed by atoms with van der Waals surface area (Å²) >= 11 is 0. The number of aromatic hydroxyl groups is 3. The average Bonchev–Trinajstić information content (AvgIpc) is 2.80. The summed E-state index contributed by atoms with van der Waals surface area (Å²) in [5.74, 6) is -0.315. The zero-order valence-electron chi connectivity index (χ0n) is 21.0. The lowest BCUT2D eigenvalue weighted by molar-refractivity contribution is 0.0843. The molecule has 0 saturated carbocycles. The van der Waals surface area contributed by atoms with Crippen LogP contribution in [0, 0.1) is 0 Å². The Morgan fingerprint density at radius 3 is 2.26 bits per heavy atom. The number of methoxy groups -OCH3 is 2. The molecule has 0 spiro atoms. The van der Waals surface area contributed by atoms with Crippen molar-refractivity contribution in [1.82, 2.24) is 0 Å². The molecule has 188 valence electrons. The van der Waals surface area contributed by atoms with Gasteiger partial charge >= 0.3 is 0 Å². The fourth-order valence-electron chi connectivity index (χ4n) is 4.19. The number of carbonyl (C=O) groups is 1. The summed E-state index contributed by atoms with van der Waals surface area (Å²) in [5, 5.41) is 31.6. The molecule has 35 heavy (non-hydrogen) atoms. The maximum absolute atomic E-state index is 13.0. The summed E-state index contributed by atoms with van der Waals surface area (Å²) in [6.45, 7) is 6.22. The first-order chi connectivity index (χ1) is 16.7. The van der Waals surface area contributed by atoms with Gasteiger partial charge in [0.1, 0.15) is 28.9 Å². The molecule has 1 aliphatic heterocycles. The van der Waals surface area contributed by atoms with Gasteiger partial charge < -0.3 is 29.5 Å². The van der Waals surface area contributed by atoms with E-state index in [2.05, 4.69) is 32.9 Å². The monoisotopic (exact) mass is 482 g/mol. The van der Waals surface area contributed by atoms with E-state index in [1.165, 1.54) is 31.4 Å². The first kappa shape index (κ1) is 26.0. The number of carbonyl (C=O) groups excluding carboxylic acids is 1. The smallest absolute Gasteiger partial charge is 0.200 e. The van der Waals surface area contributed by atoms with Crippen molar-refractivity contribution < 1.29 is 34.3 Å². The Hall–Kier alpha value is -3.61. The Bertz CT molecular complexity index is 1130. The highest BCUT2D eigenvalue weighted by molar-refractivity contribution is 6.03. The number of benzene rings is 2. The average molecular weight is 483 g/mol. The van der Waals surface area contributed by atoms with Gasteiger partial charge in [-0.2, -0.15) is 0 Å². The van der Waals surface area contributed by atoms with Gasteiger partial charge in [0.25, 0.3) is 0 Å². The summed E-state index contributed by atoms with van der Waals surface area (Å²) in [4.78, 5) is 13.0. The number of hydrogen-bond donors (Lipinski definition) is 3. The molecule has 0 saturated heterocycles. The molecule has 3 rings (SSSR count). The molecule has 0 unspecified atom stereocenters. The lowest BCUT2D eigenvalue weighted by Crippen LogP contribution is -2.21. The van der Waals surface area contributed by atoms with E-state index in [9.17, 15) is 20.1 Å². The number of allylic oxidation sites excluding steroid dienone is 4. The van der Waals surface area contributed by atoms with Crippen molar-refractivity contribution in [3.63, 3.8) is 0 Å². The van der Waals surface area contributed by atoms with E-state index in [0.717, 1.165) is 12.8 Å². The normalized spacial score (nSPS) is 15.3. The fourth-order valence-corrected chi connectivity index (χ4v) is 4.19. The topological polar surface area (TPSA) is 105 Å². The van der Waals surface area contributed by atoms with Crippen molar-refractivity contribution in [3.8, 4) is 34.5 Å². The summed E-state index contributed by atoms with van der Waals surface area (Å²) < 4.78 is 16.4. The van der Waals surface area contributed by atoms with Gasteiger partial charge in [0.05, 0.1) is 20.6 Å². The van der Waals surface area contributed by atoms with Gasteiger partial charge in [-0.25, -0.2) is 0 Å². The Labute approximate surface area is 206 Å². The van der Waals surface area contributed by atoms with Crippen LogP contribution in [0.3, 0.4) is 0 Å². The minimum Gasteiger partial charge on any atom is -0.507 e. The Balaban J connectivity index is 1.81. The van der Waals surface area contributed by atoms with E-state index >= 15 is 0 Å². The van der Waals surface area contributed by atoms with Crippen LogP contribution in [0.15, 0.2) is 41.5 Å². The van der Waals surface area contributed by atoms with Crippen LogP contribution in [0.2, 0.25) is 0 Å². The molecule has 0 bridgehead atoms. The SMILES string of the molecule is COc1cc([C@@H]2CC(=O)c3c(cc(O)c(CCC=C(C)CCC=C(C)C)c3O)O2)cc(OC)c1O. The second kappa shape index (κ2) is 11.2. The highest BCUT2D eigenvalue weighted by Gasteiger charge is 2.33. The molecule has 3 N–H and O–H groups in total. The summed E-state index contributed by atoms with van der Waals surface area (Å²) in [7, 11) is 2.83. The largest absolute Gasteiger partial charge is 0.507 e. The number of fused-ring (bicyclic) bond motifs is 1. The molecule has 0 aromatic heterocycles. The number of ketones is 1. The molecule has 0 aliphatic carbocycles. The predicted octanol–water partition coefficient (Wildman–Crippen LogP) is 6.15. The second-order valence-corrected chi connectivity index (χ2v) is 9.01. The van der Waals surface area contributed by atoms with Crippen LogP contribution < -0.4 is 14.2 Å². The van der Waals surface area contributed by atoms with Gasteiger partial charge in [-0.15, -0.1) is 0 Å². The molecule has 7 nitrogen and oxygen atoms in total. The van der Waals surface area contributed by atoms with Crippen molar-refractivity contribution in [1.29, 1.82) is 0 Å². The maximum atomic E-state index is 13.0. The molecule has 1 aliphatic rings. The quantitative estimate of drug-likeness (QED) is 0.368. The Morgan fingerprint density at radius 2 is 1.66 bits per heavy atom. The van der Waals surface area contributed by atoms with Crippen molar-refractivity contribution >= 4 is 5.78 Å². The number of hydrogen-bond acceptors (Lipinski definition) is 7. The third-order valence-corrected chi connectivity index (χ3v) is 6.12. The van der Waals surface area contributed by atoms with Gasteiger partial charge in [0.2, 0.25) is 5.75 Å². The summed E-state index contributed by atoms with van der Waals surface area (Å²) in [5.41, 5.74) is 3.50. The predicted molar refractivity (Wildman–Crippen MR) is 134 cm³/mol. The van der Waals surface area contributed by atoms with Crippen LogP contribution >= 0.6 is 0 Å². The Morgan fingerprint density at radius 1 is 1.00 bits per heavy atom. The lowest BCUT2D eigenvalue weighted by atomic mass is 9.92. The van der Waals surface area contributed by atoms with Gasteiger partial charge in [0, 0.05) is 17.2 Å². The molecule has 2 aromatic carbocycles. The molecule has 2 aromatic rings. The second-order valence-electron chi connectivity index (χ2n) is 9.01. The minimum atomic E-state index is -0.700. The third-order valence-electron chi connectivity index (χ3n) is 6.12. The van der Waals surface area contributed by atoms with E-state index < -0.39 is 6.10 Å². The van der Waals surface area contributed by atoms with E-state index in [1.54, 1.807) is 12.1 Å². The number of phenols is 3. The van der Waals surface area contributed by atoms with Crippen LogP contribution in [0.25, 0.3) is 0 Å². The molecule has 1 atom stereocenters. The molecule has 0 amide bonds. The van der Waals surface area contributed by atoms with Crippen molar-refractivity contribution in [3.05, 3.63) is 58.2 Å². The Kier molecular flexibility index (Phi) is 8.33. The third kappa shape index (κ3) is 5.91. The van der Waals surface area contributed by atoms with E-state index in [4.69, 9.17) is 14.2 Å². The van der Waals surface area contributed by atoms with Gasteiger partial charge in [-0.05, 0) is 58.6 Å². The number of ether oxygens (including phenoxy) is 3. The van der Waals surface area contributed by atoms with Crippen LogP contribution in [0.1, 0.15) is 74.0 Å². The first-order valence-electron chi connectivity index (χ1n) is 11.7. The zero-order valence-corrected chi connectivity index (χ0v) is 21.0.